The molecule has 1 saturated carbocycles. The summed E-state index contributed by atoms with van der Waals surface area (Å²) < 4.78 is 2.26. The molecule has 0 aliphatic heterocycles. The van der Waals surface area contributed by atoms with Gasteiger partial charge in [0.1, 0.15) is 10.7 Å². The number of nitrogens with one attached hydrogen (secondary N) is 1. The lowest BCUT2D eigenvalue weighted by Crippen LogP contribution is -2.22. The van der Waals surface area contributed by atoms with Crippen molar-refractivity contribution in [3.05, 3.63) is 51.1 Å². The van der Waals surface area contributed by atoms with E-state index in [9.17, 15) is 9.59 Å². The maximum atomic E-state index is 12.8. The van der Waals surface area contributed by atoms with E-state index < -0.39 is 0 Å². The molecule has 1 aliphatic carbocycles. The van der Waals surface area contributed by atoms with Crippen molar-refractivity contribution in [2.24, 2.45) is 5.92 Å². The third kappa shape index (κ3) is 4.20. The van der Waals surface area contributed by atoms with Crippen LogP contribution in [0.5, 0.6) is 0 Å². The summed E-state index contributed by atoms with van der Waals surface area (Å²) in [7, 11) is 0. The fourth-order valence-electron chi connectivity index (χ4n) is 4.77. The molecule has 0 radical (unpaired) electrons. The van der Waals surface area contributed by atoms with Crippen LogP contribution in [-0.4, -0.2) is 35.5 Å². The number of hydrogen-bond donors (Lipinski definition) is 1. The second-order valence-electron chi connectivity index (χ2n) is 8.84. The van der Waals surface area contributed by atoms with Crippen LogP contribution < -0.4 is 5.56 Å². The summed E-state index contributed by atoms with van der Waals surface area (Å²) in [5, 5.41) is 10.4. The van der Waals surface area contributed by atoms with Gasteiger partial charge in [0.05, 0.1) is 16.0 Å². The average molecular weight is 495 g/mol. The number of fused-ring (bicyclic) bond motifs is 1. The topological polar surface area (TPSA) is 106 Å². The monoisotopic (exact) mass is 494 g/mol. The molecule has 0 aromatic carbocycles. The molecule has 1 N–H and O–H groups in total. The molecule has 176 valence electrons. The van der Waals surface area contributed by atoms with E-state index in [2.05, 4.69) is 36.6 Å². The largest absolute Gasteiger partial charge is 0.309 e. The first-order chi connectivity index (χ1) is 16.4. The molecule has 1 aliphatic rings. The first kappa shape index (κ1) is 22.9. The van der Waals surface area contributed by atoms with E-state index in [1.54, 1.807) is 13.1 Å². The lowest BCUT2D eigenvalue weighted by atomic mass is 9.85. The van der Waals surface area contributed by atoms with E-state index in [4.69, 9.17) is 0 Å². The van der Waals surface area contributed by atoms with Gasteiger partial charge >= 0.3 is 0 Å². The number of pyridine rings is 1. The Kier molecular flexibility index (Phi) is 6.35. The van der Waals surface area contributed by atoms with Crippen LogP contribution in [0, 0.1) is 12.8 Å². The van der Waals surface area contributed by atoms with E-state index in [-0.39, 0.29) is 11.3 Å². The fourth-order valence-corrected chi connectivity index (χ4v) is 6.73. The molecule has 10 heteroatoms. The highest BCUT2D eigenvalue weighted by Crippen LogP contribution is 2.39. The minimum absolute atomic E-state index is 0.0477. The lowest BCUT2D eigenvalue weighted by Gasteiger charge is -2.31. The van der Waals surface area contributed by atoms with Crippen molar-refractivity contribution in [1.29, 1.82) is 0 Å². The van der Waals surface area contributed by atoms with Gasteiger partial charge in [0, 0.05) is 24.0 Å². The predicted molar refractivity (Wildman–Crippen MR) is 134 cm³/mol. The highest BCUT2D eigenvalue weighted by molar-refractivity contribution is 7.98. The number of ketones is 1. The summed E-state index contributed by atoms with van der Waals surface area (Å²) >= 11 is 2.80. The number of aromatic nitrogens is 6. The maximum Gasteiger partial charge on any atom is 0.259 e. The minimum atomic E-state index is -0.208. The van der Waals surface area contributed by atoms with Crippen molar-refractivity contribution in [3.8, 4) is 11.4 Å². The summed E-state index contributed by atoms with van der Waals surface area (Å²) in [5.74, 6) is 2.31. The molecule has 1 fully saturated rings. The molecule has 4 aromatic heterocycles. The van der Waals surface area contributed by atoms with Gasteiger partial charge in [-0.05, 0) is 50.3 Å². The molecule has 0 bridgehead atoms. The van der Waals surface area contributed by atoms with E-state index >= 15 is 0 Å². The summed E-state index contributed by atoms with van der Waals surface area (Å²) in [4.78, 5) is 37.7. The molecular formula is C24H26N6O2S2. The highest BCUT2D eigenvalue weighted by atomic mass is 32.2. The number of Topliss-reactive ketones (excluding diaryl/α,β-unsaturated/α-hetero) is 1. The summed E-state index contributed by atoms with van der Waals surface area (Å²) in [6.07, 6.45) is 8.28. The van der Waals surface area contributed by atoms with Crippen LogP contribution in [0.2, 0.25) is 0 Å². The van der Waals surface area contributed by atoms with Crippen molar-refractivity contribution in [3.63, 3.8) is 0 Å². The number of H-pyrrole nitrogens is 1. The quantitative estimate of drug-likeness (QED) is 0.290. The second-order valence-corrected chi connectivity index (χ2v) is 10.8. The Morgan fingerprint density at radius 3 is 2.85 bits per heavy atom. The number of thiophene rings is 1. The van der Waals surface area contributed by atoms with Crippen LogP contribution in [0.1, 0.15) is 66.6 Å². The van der Waals surface area contributed by atoms with Gasteiger partial charge in [-0.2, -0.15) is 0 Å². The van der Waals surface area contributed by atoms with Gasteiger partial charge in [-0.15, -0.1) is 21.5 Å². The molecule has 4 aromatic rings. The van der Waals surface area contributed by atoms with Gasteiger partial charge in [-0.3, -0.25) is 19.1 Å². The Bertz CT molecular complexity index is 1410. The Hall–Kier alpha value is -2.85. The van der Waals surface area contributed by atoms with E-state index in [0.717, 1.165) is 23.0 Å². The third-order valence-corrected chi connectivity index (χ3v) is 8.73. The second kappa shape index (κ2) is 9.42. The van der Waals surface area contributed by atoms with Gasteiger partial charge in [0.25, 0.3) is 5.56 Å². The Morgan fingerprint density at radius 1 is 1.29 bits per heavy atom. The van der Waals surface area contributed by atoms with Gasteiger partial charge in [0.15, 0.2) is 16.8 Å². The number of aryl methyl sites for hydroxylation is 1. The first-order valence-corrected chi connectivity index (χ1v) is 13.3. The normalized spacial score (nSPS) is 18.4. The number of carbonyl (C=O) groups is 1. The standard InChI is InChI=1S/C24H26N6O2S2/c1-13-7-4-5-9-17(13)30-21(16-8-6-10-25-11-16)28-29-24(30)33-12-18-26-22(32)19-14(2)20(15(3)31)34-23(19)27-18/h6,8,10-11,13,17H,4-5,7,9,12H2,1-3H3,(H,26,27,32)/t13-,17+/m1/s1. The number of rotatable bonds is 6. The lowest BCUT2D eigenvalue weighted by molar-refractivity contribution is 0.102. The molecule has 0 spiro atoms. The first-order valence-electron chi connectivity index (χ1n) is 11.5. The molecule has 34 heavy (non-hydrogen) atoms. The molecule has 0 amide bonds. The van der Waals surface area contributed by atoms with Crippen LogP contribution >= 0.6 is 23.1 Å². The summed E-state index contributed by atoms with van der Waals surface area (Å²) in [6, 6.07) is 4.23. The molecular weight excluding hydrogens is 468 g/mol. The van der Waals surface area contributed by atoms with Crippen LogP contribution in [0.25, 0.3) is 21.6 Å². The van der Waals surface area contributed by atoms with E-state index in [1.807, 2.05) is 18.3 Å². The number of hydrogen-bond acceptors (Lipinski definition) is 8. The number of carbonyl (C=O) groups excluding carboxylic acids is 1. The van der Waals surface area contributed by atoms with Crippen molar-refractivity contribution >= 4 is 39.1 Å². The Labute approximate surface area is 205 Å². The van der Waals surface area contributed by atoms with Crippen LogP contribution in [-0.2, 0) is 5.75 Å². The predicted octanol–water partition coefficient (Wildman–Crippen LogP) is 5.19. The molecule has 5 rings (SSSR count). The number of thioether (sulfide) groups is 1. The fraction of sp³-hybridized carbons (Fsp3) is 0.417. The average Bonchev–Trinajstić information content (AvgIpc) is 3.40. The van der Waals surface area contributed by atoms with Crippen molar-refractivity contribution in [1.82, 2.24) is 29.7 Å². The summed E-state index contributed by atoms with van der Waals surface area (Å²) in [5.41, 5.74) is 1.44. The highest BCUT2D eigenvalue weighted by Gasteiger charge is 2.29. The van der Waals surface area contributed by atoms with Gasteiger partial charge in [-0.25, -0.2) is 4.98 Å². The maximum absolute atomic E-state index is 12.8. The molecule has 2 atom stereocenters. The zero-order chi connectivity index (χ0) is 23.8. The van der Waals surface area contributed by atoms with Crippen LogP contribution in [0.15, 0.2) is 34.5 Å². The smallest absolute Gasteiger partial charge is 0.259 e. The molecule has 8 nitrogen and oxygen atoms in total. The van der Waals surface area contributed by atoms with E-state index in [1.165, 1.54) is 49.3 Å². The third-order valence-electron chi connectivity index (χ3n) is 6.49. The van der Waals surface area contributed by atoms with Crippen molar-refractivity contribution < 1.29 is 4.79 Å². The van der Waals surface area contributed by atoms with Crippen LogP contribution in [0.4, 0.5) is 0 Å². The zero-order valence-electron chi connectivity index (χ0n) is 19.4. The minimum Gasteiger partial charge on any atom is -0.309 e. The molecule has 0 unspecified atom stereocenters. The summed E-state index contributed by atoms with van der Waals surface area (Å²) in [6.45, 7) is 5.61. The molecule has 4 heterocycles. The number of nitrogens with zero attached hydrogens (tertiary/aromatic N) is 5. The Morgan fingerprint density at radius 2 is 2.12 bits per heavy atom. The van der Waals surface area contributed by atoms with Crippen molar-refractivity contribution in [2.75, 3.05) is 0 Å². The Balaban J connectivity index is 1.49. The van der Waals surface area contributed by atoms with E-state index in [0.29, 0.717) is 44.2 Å². The SMILES string of the molecule is CC(=O)c1sc2nc(CSc3nnc(-c4cccnc4)n3[C@H]3CCCC[C@H]3C)[nH]c(=O)c2c1C. The molecule has 0 saturated heterocycles. The van der Waals surface area contributed by atoms with Crippen molar-refractivity contribution in [2.45, 2.75) is 63.4 Å². The van der Waals surface area contributed by atoms with Crippen LogP contribution in [0.3, 0.4) is 0 Å². The number of aromatic amines is 1. The van der Waals surface area contributed by atoms with Gasteiger partial charge in [-0.1, -0.05) is 31.5 Å². The zero-order valence-corrected chi connectivity index (χ0v) is 21.0. The van der Waals surface area contributed by atoms with Gasteiger partial charge in [0.2, 0.25) is 0 Å². The van der Waals surface area contributed by atoms with Gasteiger partial charge < -0.3 is 4.98 Å².